The molecule has 4 heteroatoms. The quantitative estimate of drug-likeness (QED) is 0.123. The summed E-state index contributed by atoms with van der Waals surface area (Å²) in [5.41, 5.74) is 17.0. The zero-order valence-electron chi connectivity index (χ0n) is 30.2. The Morgan fingerprint density at radius 3 is 2.13 bits per heavy atom. The average molecular weight is 709 g/mol. The van der Waals surface area contributed by atoms with Crippen LogP contribution in [-0.2, 0) is 11.8 Å². The number of fused-ring (bicyclic) bond motifs is 11. The molecule has 2 aromatic heterocycles. The topological polar surface area (TPSA) is 8.17 Å². The fourth-order valence-corrected chi connectivity index (χ4v) is 11.8. The van der Waals surface area contributed by atoms with Gasteiger partial charge < -0.3 is 9.38 Å². The van der Waals surface area contributed by atoms with Crippen molar-refractivity contribution in [3.63, 3.8) is 0 Å². The lowest BCUT2D eigenvalue weighted by Gasteiger charge is -2.50. The van der Waals surface area contributed by atoms with Crippen LogP contribution in [0.5, 0.6) is 0 Å². The van der Waals surface area contributed by atoms with E-state index in [0.717, 1.165) is 6.42 Å². The molecule has 0 saturated heterocycles. The molecule has 3 aliphatic heterocycles. The largest absolute Gasteiger partial charge is 0.367 e. The van der Waals surface area contributed by atoms with Crippen LogP contribution in [-0.4, -0.2) is 11.3 Å². The van der Waals surface area contributed by atoms with Gasteiger partial charge in [-0.05, 0) is 75.3 Å². The minimum Gasteiger partial charge on any atom is -0.367 e. The van der Waals surface area contributed by atoms with Gasteiger partial charge in [0.05, 0.1) is 15.9 Å². The summed E-state index contributed by atoms with van der Waals surface area (Å²) in [7, 11) is 0. The number of thiophene rings is 1. The van der Waals surface area contributed by atoms with Gasteiger partial charge in [0.25, 0.3) is 0 Å². The Morgan fingerprint density at radius 1 is 0.611 bits per heavy atom. The highest BCUT2D eigenvalue weighted by atomic mass is 32.1. The van der Waals surface area contributed by atoms with Crippen LogP contribution in [0.25, 0.3) is 42.3 Å². The van der Waals surface area contributed by atoms with Crippen LogP contribution in [0.2, 0.25) is 0 Å². The van der Waals surface area contributed by atoms with E-state index in [9.17, 15) is 0 Å². The first-order valence-electron chi connectivity index (χ1n) is 19.5. The smallest absolute Gasteiger partial charge is 0.333 e. The normalized spacial score (nSPS) is 14.4. The molecule has 0 aliphatic carbocycles. The predicted octanol–water partition coefficient (Wildman–Crippen LogP) is 11.9. The van der Waals surface area contributed by atoms with Gasteiger partial charge in [0.1, 0.15) is 0 Å². The van der Waals surface area contributed by atoms with Crippen molar-refractivity contribution in [1.29, 1.82) is 0 Å². The van der Waals surface area contributed by atoms with Crippen molar-refractivity contribution < 1.29 is 0 Å². The Labute approximate surface area is 320 Å². The van der Waals surface area contributed by atoms with Gasteiger partial charge in [-0.25, -0.2) is 0 Å². The summed E-state index contributed by atoms with van der Waals surface area (Å²) in [6.07, 6.45) is 4.74. The van der Waals surface area contributed by atoms with Crippen molar-refractivity contribution >= 4 is 77.4 Å². The summed E-state index contributed by atoms with van der Waals surface area (Å²) in [6, 6.07) is 60.1. The second-order valence-electron chi connectivity index (χ2n) is 15.4. The summed E-state index contributed by atoms with van der Waals surface area (Å²) < 4.78 is 4.09. The molecule has 0 spiro atoms. The summed E-state index contributed by atoms with van der Waals surface area (Å²) in [5.74, 6) is 0. The van der Waals surface area contributed by atoms with Crippen LogP contribution in [0.4, 0.5) is 17.1 Å². The van der Waals surface area contributed by atoms with Crippen LogP contribution >= 0.6 is 11.3 Å². The molecule has 3 aliphatic rings. The number of para-hydroxylation sites is 3. The number of rotatable bonds is 6. The number of hydrogen-bond donors (Lipinski definition) is 0. The lowest BCUT2D eigenvalue weighted by molar-refractivity contribution is 0.717. The molecule has 2 nitrogen and oxygen atoms in total. The van der Waals surface area contributed by atoms with Crippen molar-refractivity contribution in [2.24, 2.45) is 0 Å². The molecule has 0 radical (unpaired) electrons. The predicted molar refractivity (Wildman–Crippen MR) is 230 cm³/mol. The molecular weight excluding hydrogens is 671 g/mol. The number of anilines is 3. The molecule has 0 amide bonds. The van der Waals surface area contributed by atoms with Crippen LogP contribution in [0.1, 0.15) is 54.0 Å². The van der Waals surface area contributed by atoms with Crippen molar-refractivity contribution in [3.8, 4) is 11.1 Å². The van der Waals surface area contributed by atoms with Crippen LogP contribution in [0.3, 0.4) is 0 Å². The lowest BCUT2D eigenvalue weighted by Crippen LogP contribution is -2.58. The zero-order valence-corrected chi connectivity index (χ0v) is 31.0. The number of unbranched alkanes of at least 4 members (excludes halogenated alkanes) is 2. The van der Waals surface area contributed by atoms with E-state index in [0.29, 0.717) is 0 Å². The third-order valence-corrected chi connectivity index (χ3v) is 13.8. The zero-order chi connectivity index (χ0) is 35.5. The monoisotopic (exact) mass is 708 g/mol. The first-order valence-corrected chi connectivity index (χ1v) is 20.4. The number of aromatic nitrogens is 1. The maximum Gasteiger partial charge on any atom is 0.333 e. The van der Waals surface area contributed by atoms with E-state index in [1.165, 1.54) is 117 Å². The van der Waals surface area contributed by atoms with Gasteiger partial charge in [-0.15, -0.1) is 11.3 Å². The van der Waals surface area contributed by atoms with E-state index in [1.54, 1.807) is 0 Å². The SMILES string of the molecule is CCCCCc1cc2c3c(c1)N1c4ccccc4C(c4ccccc4)(c4ccccc4)c4cccc(c41)B3n1c3sc4ccccc4c3c3cccc-2c31. The van der Waals surface area contributed by atoms with E-state index in [2.05, 4.69) is 174 Å². The Balaban J connectivity index is 1.26. The molecule has 0 N–H and O–H groups in total. The Hall–Kier alpha value is -5.84. The Bertz CT molecular complexity index is 2940. The van der Waals surface area contributed by atoms with Crippen molar-refractivity contribution in [2.45, 2.75) is 38.0 Å². The first kappa shape index (κ1) is 30.6. The van der Waals surface area contributed by atoms with E-state index in [-0.39, 0.29) is 6.85 Å². The fourth-order valence-electron chi connectivity index (χ4n) is 10.6. The van der Waals surface area contributed by atoms with Crippen LogP contribution in [0.15, 0.2) is 158 Å². The summed E-state index contributed by atoms with van der Waals surface area (Å²) in [6.45, 7) is 2.34. The van der Waals surface area contributed by atoms with E-state index in [1.807, 2.05) is 11.3 Å². The highest BCUT2D eigenvalue weighted by Crippen LogP contribution is 2.59. The van der Waals surface area contributed by atoms with E-state index in [4.69, 9.17) is 0 Å². The van der Waals surface area contributed by atoms with Crippen LogP contribution in [0, 0.1) is 0 Å². The van der Waals surface area contributed by atoms with Gasteiger partial charge in [-0.3, -0.25) is 0 Å². The van der Waals surface area contributed by atoms with E-state index < -0.39 is 5.41 Å². The van der Waals surface area contributed by atoms with Gasteiger partial charge >= 0.3 is 6.85 Å². The number of benzene rings is 7. The maximum atomic E-state index is 2.74. The second kappa shape index (κ2) is 11.3. The Morgan fingerprint density at radius 2 is 1.31 bits per heavy atom. The molecule has 0 atom stereocenters. The summed E-state index contributed by atoms with van der Waals surface area (Å²) in [4.78, 5) is 4.03. The third kappa shape index (κ3) is 3.81. The molecule has 256 valence electrons. The van der Waals surface area contributed by atoms with Gasteiger partial charge in [-0.2, -0.15) is 0 Å². The highest BCUT2D eigenvalue weighted by molar-refractivity contribution is 7.26. The highest BCUT2D eigenvalue weighted by Gasteiger charge is 2.52. The van der Waals surface area contributed by atoms with Crippen molar-refractivity contribution in [3.05, 3.63) is 186 Å². The fraction of sp³-hybridized carbons (Fsp3) is 0.120. The third-order valence-electron chi connectivity index (χ3n) is 12.6. The number of hydrogen-bond acceptors (Lipinski definition) is 2. The molecule has 12 rings (SSSR count). The Kier molecular flexibility index (Phi) is 6.43. The van der Waals surface area contributed by atoms with E-state index >= 15 is 0 Å². The molecule has 0 fully saturated rings. The molecule has 7 aromatic carbocycles. The standard InChI is InChI=1S/C50H37BN2S/c1-2-3-6-17-32-30-38-35-23-15-24-37-45-36-22-11-14-29-44(36)54-49(45)53(47(35)37)51-41-27-16-26-40-48(41)52(43(31-32)46(38)51)42-28-13-12-25-39(42)50(40,33-18-7-4-8-19-33)34-20-9-5-10-21-34/h4-5,7-16,18-31H,2-3,6,17H2,1H3. The van der Waals surface area contributed by atoms with Gasteiger partial charge in [0, 0.05) is 43.3 Å². The van der Waals surface area contributed by atoms with Crippen LogP contribution < -0.4 is 15.8 Å². The van der Waals surface area contributed by atoms with Gasteiger partial charge in [-0.1, -0.05) is 159 Å². The summed E-state index contributed by atoms with van der Waals surface area (Å²) >= 11 is 1.95. The second-order valence-corrected chi connectivity index (χ2v) is 16.4. The first-order chi connectivity index (χ1) is 26.8. The molecule has 0 saturated carbocycles. The summed E-state index contributed by atoms with van der Waals surface area (Å²) in [5, 5.41) is 4.12. The molecule has 0 bridgehead atoms. The molecular formula is C50H37BN2S. The minimum atomic E-state index is -0.508. The minimum absolute atomic E-state index is 0.0309. The van der Waals surface area contributed by atoms with Crippen molar-refractivity contribution in [2.75, 3.05) is 4.90 Å². The molecule has 54 heavy (non-hydrogen) atoms. The number of nitrogens with zero attached hydrogens (tertiary/aromatic N) is 2. The maximum absolute atomic E-state index is 2.74. The molecule has 9 aromatic rings. The molecule has 5 heterocycles. The van der Waals surface area contributed by atoms with Gasteiger partial charge in [0.2, 0.25) is 0 Å². The number of aryl methyl sites for hydroxylation is 1. The average Bonchev–Trinajstić information content (AvgIpc) is 3.77. The van der Waals surface area contributed by atoms with Crippen molar-refractivity contribution in [1.82, 2.24) is 4.48 Å². The van der Waals surface area contributed by atoms with Gasteiger partial charge in [0.15, 0.2) is 0 Å². The molecule has 0 unspecified atom stereocenters. The lowest BCUT2D eigenvalue weighted by atomic mass is 9.44.